The van der Waals surface area contributed by atoms with Crippen molar-refractivity contribution in [3.8, 4) is 0 Å². The van der Waals surface area contributed by atoms with Crippen molar-refractivity contribution in [3.63, 3.8) is 0 Å². The van der Waals surface area contributed by atoms with Crippen molar-refractivity contribution in [2.75, 3.05) is 6.61 Å². The van der Waals surface area contributed by atoms with E-state index >= 15 is 0 Å². The normalized spacial score (nSPS) is 10.1. The molecule has 0 bridgehead atoms. The lowest BCUT2D eigenvalue weighted by atomic mass is 10.2. The van der Waals surface area contributed by atoms with E-state index in [-0.39, 0.29) is 11.6 Å². The molecule has 3 nitrogen and oxygen atoms in total. The van der Waals surface area contributed by atoms with Crippen LogP contribution in [0.5, 0.6) is 0 Å². The topological polar surface area (TPSA) is 43.4 Å². The zero-order valence-electron chi connectivity index (χ0n) is 13.1. The summed E-state index contributed by atoms with van der Waals surface area (Å²) in [5, 5.41) is 0. The first-order valence-corrected chi connectivity index (χ1v) is 8.66. The van der Waals surface area contributed by atoms with Crippen LogP contribution in [-0.2, 0) is 9.53 Å². The molecule has 0 aliphatic carbocycles. The number of aldehydes is 1. The first-order chi connectivity index (χ1) is 11.9. The van der Waals surface area contributed by atoms with E-state index in [0.717, 1.165) is 5.56 Å². The van der Waals surface area contributed by atoms with E-state index in [1.54, 1.807) is 19.1 Å². The molecule has 0 fully saturated rings. The van der Waals surface area contributed by atoms with Crippen LogP contribution in [0.2, 0.25) is 0 Å². The van der Waals surface area contributed by atoms with E-state index < -0.39 is 5.97 Å². The number of esters is 1. The smallest absolute Gasteiger partial charge is 0.330 e. The van der Waals surface area contributed by atoms with Crippen LogP contribution in [0.25, 0.3) is 6.08 Å². The third-order valence-corrected chi connectivity index (χ3v) is 4.11. The Bertz CT molecular complexity index is 777. The van der Waals surface area contributed by atoms with E-state index in [1.807, 2.05) is 0 Å². The largest absolute Gasteiger partial charge is 0.463 e. The van der Waals surface area contributed by atoms with Crippen LogP contribution in [0.15, 0.2) is 51.4 Å². The van der Waals surface area contributed by atoms with E-state index in [4.69, 9.17) is 4.74 Å². The Morgan fingerprint density at radius 2 is 1.56 bits per heavy atom. The van der Waals surface area contributed by atoms with E-state index in [0.29, 0.717) is 27.4 Å². The Morgan fingerprint density at radius 1 is 1.04 bits per heavy atom. The molecular formula is C18H14Br2F2O3. The molecular weight excluding hydrogens is 462 g/mol. The van der Waals surface area contributed by atoms with Gasteiger partial charge in [-0.3, -0.25) is 4.79 Å². The van der Waals surface area contributed by atoms with Gasteiger partial charge in [0, 0.05) is 20.6 Å². The monoisotopic (exact) mass is 474 g/mol. The minimum atomic E-state index is -0.409. The van der Waals surface area contributed by atoms with E-state index in [1.165, 1.54) is 36.4 Å². The highest BCUT2D eigenvalue weighted by atomic mass is 79.9. The molecule has 0 amide bonds. The average molecular weight is 476 g/mol. The summed E-state index contributed by atoms with van der Waals surface area (Å²) >= 11 is 6.23. The molecule has 0 aliphatic heterocycles. The predicted molar refractivity (Wildman–Crippen MR) is 99.3 cm³/mol. The molecule has 0 saturated carbocycles. The minimum absolute atomic E-state index is 0.324. The molecule has 0 unspecified atom stereocenters. The summed E-state index contributed by atoms with van der Waals surface area (Å²) in [6.07, 6.45) is 3.55. The van der Waals surface area contributed by atoms with Crippen molar-refractivity contribution < 1.29 is 23.1 Å². The lowest BCUT2D eigenvalue weighted by molar-refractivity contribution is -0.137. The van der Waals surface area contributed by atoms with Crippen LogP contribution in [0.4, 0.5) is 8.78 Å². The summed E-state index contributed by atoms with van der Waals surface area (Å²) in [5.41, 5.74) is 1.19. The highest BCUT2D eigenvalue weighted by molar-refractivity contribution is 9.10. The minimum Gasteiger partial charge on any atom is -0.463 e. The van der Waals surface area contributed by atoms with Crippen molar-refractivity contribution in [1.29, 1.82) is 0 Å². The van der Waals surface area contributed by atoms with Gasteiger partial charge in [0.15, 0.2) is 6.29 Å². The fourth-order valence-electron chi connectivity index (χ4n) is 1.58. The third-order valence-electron chi connectivity index (χ3n) is 2.74. The van der Waals surface area contributed by atoms with Crippen molar-refractivity contribution in [1.82, 2.24) is 0 Å². The zero-order chi connectivity index (χ0) is 18.8. The summed E-state index contributed by atoms with van der Waals surface area (Å²) in [6.45, 7) is 2.08. The fraction of sp³-hybridized carbons (Fsp3) is 0.111. The fourth-order valence-corrected chi connectivity index (χ4v) is 2.51. The number of carbonyl (C=O) groups excluding carboxylic acids is 2. The first-order valence-electron chi connectivity index (χ1n) is 7.07. The Kier molecular flexibility index (Phi) is 9.23. The highest BCUT2D eigenvalue weighted by Crippen LogP contribution is 2.19. The molecule has 2 aromatic carbocycles. The summed E-state index contributed by atoms with van der Waals surface area (Å²) in [7, 11) is 0. The standard InChI is InChI=1S/C11H10BrFO2.C7H4BrFO/c1-2-15-11(14)6-4-8-3-5-9(13)7-10(8)12;8-7-3-6(9)2-1-5(7)4-10/h3-7H,2H2,1H3;1-4H/b6-4+;. The molecule has 0 N–H and O–H groups in total. The van der Waals surface area contributed by atoms with Gasteiger partial charge in [-0.25, -0.2) is 13.6 Å². The molecule has 2 aromatic rings. The Morgan fingerprint density at radius 3 is 2.00 bits per heavy atom. The van der Waals surface area contributed by atoms with Crippen LogP contribution < -0.4 is 0 Å². The van der Waals surface area contributed by atoms with Gasteiger partial charge < -0.3 is 4.74 Å². The van der Waals surface area contributed by atoms with Gasteiger partial charge in [0.1, 0.15) is 11.6 Å². The van der Waals surface area contributed by atoms with Crippen molar-refractivity contribution in [3.05, 3.63) is 74.2 Å². The Balaban J connectivity index is 0.000000271. The summed E-state index contributed by atoms with van der Waals surface area (Å²) in [4.78, 5) is 21.2. The van der Waals surface area contributed by atoms with Crippen LogP contribution in [0.3, 0.4) is 0 Å². The van der Waals surface area contributed by atoms with Gasteiger partial charge in [0.2, 0.25) is 0 Å². The van der Waals surface area contributed by atoms with Crippen LogP contribution in [-0.4, -0.2) is 18.9 Å². The van der Waals surface area contributed by atoms with E-state index in [9.17, 15) is 18.4 Å². The average Bonchev–Trinajstić information content (AvgIpc) is 2.55. The number of halogens is 4. The van der Waals surface area contributed by atoms with Gasteiger partial charge in [-0.1, -0.05) is 22.0 Å². The molecule has 0 heterocycles. The van der Waals surface area contributed by atoms with Gasteiger partial charge in [-0.2, -0.15) is 0 Å². The number of hydrogen-bond acceptors (Lipinski definition) is 3. The molecule has 2 rings (SSSR count). The summed E-state index contributed by atoms with van der Waals surface area (Å²) < 4.78 is 30.9. The molecule has 0 aliphatic rings. The number of hydrogen-bond donors (Lipinski definition) is 0. The maximum atomic E-state index is 12.7. The quantitative estimate of drug-likeness (QED) is 0.330. The second kappa shape index (κ2) is 10.9. The maximum Gasteiger partial charge on any atom is 0.330 e. The molecule has 132 valence electrons. The second-order valence-electron chi connectivity index (χ2n) is 4.53. The third kappa shape index (κ3) is 7.70. The number of benzene rings is 2. The lowest BCUT2D eigenvalue weighted by Gasteiger charge is -1.98. The van der Waals surface area contributed by atoms with Crippen molar-refractivity contribution >= 4 is 50.2 Å². The van der Waals surface area contributed by atoms with Gasteiger partial charge in [0.05, 0.1) is 6.61 Å². The van der Waals surface area contributed by atoms with Crippen molar-refractivity contribution in [2.24, 2.45) is 0 Å². The number of carbonyl (C=O) groups is 2. The lowest BCUT2D eigenvalue weighted by Crippen LogP contribution is -1.98. The van der Waals surface area contributed by atoms with Crippen molar-refractivity contribution in [2.45, 2.75) is 6.92 Å². The molecule has 0 saturated heterocycles. The summed E-state index contributed by atoms with van der Waals surface area (Å²) in [6, 6.07) is 8.17. The first kappa shape index (κ1) is 21.2. The van der Waals surface area contributed by atoms with Crippen LogP contribution in [0, 0.1) is 11.6 Å². The van der Waals surface area contributed by atoms with Gasteiger partial charge >= 0.3 is 5.97 Å². The van der Waals surface area contributed by atoms with Gasteiger partial charge in [0.25, 0.3) is 0 Å². The highest BCUT2D eigenvalue weighted by Gasteiger charge is 2.00. The molecule has 25 heavy (non-hydrogen) atoms. The van der Waals surface area contributed by atoms with Gasteiger partial charge in [-0.15, -0.1) is 0 Å². The second-order valence-corrected chi connectivity index (χ2v) is 6.24. The molecule has 7 heteroatoms. The predicted octanol–water partition coefficient (Wildman–Crippen LogP) is 5.57. The van der Waals surface area contributed by atoms with Gasteiger partial charge in [-0.05, 0) is 64.8 Å². The molecule has 0 aromatic heterocycles. The van der Waals surface area contributed by atoms with Crippen LogP contribution >= 0.6 is 31.9 Å². The molecule has 0 spiro atoms. The maximum absolute atomic E-state index is 12.7. The number of rotatable bonds is 4. The SMILES string of the molecule is CCOC(=O)/C=C/c1ccc(F)cc1Br.O=Cc1ccc(F)cc1Br. The Labute approximate surface area is 160 Å². The molecule has 0 atom stereocenters. The Hall–Kier alpha value is -1.86. The van der Waals surface area contributed by atoms with Crippen LogP contribution in [0.1, 0.15) is 22.8 Å². The zero-order valence-corrected chi connectivity index (χ0v) is 16.3. The summed E-state index contributed by atoms with van der Waals surface area (Å²) in [5.74, 6) is -1.08. The number of ether oxygens (including phenoxy) is 1. The van der Waals surface area contributed by atoms with E-state index in [2.05, 4.69) is 31.9 Å². The molecule has 0 radical (unpaired) electrons.